The van der Waals surface area contributed by atoms with Crippen molar-refractivity contribution in [2.75, 3.05) is 0 Å². The topological polar surface area (TPSA) is 87.7 Å². The summed E-state index contributed by atoms with van der Waals surface area (Å²) in [5, 5.41) is 17.5. The molecule has 0 amide bonds. The first-order valence-corrected chi connectivity index (χ1v) is 5.96. The molecule has 0 aliphatic rings. The van der Waals surface area contributed by atoms with Gasteiger partial charge in [-0.05, 0) is 23.8 Å². The predicted octanol–water partition coefficient (Wildman–Crippen LogP) is 2.72. The van der Waals surface area contributed by atoms with E-state index in [0.717, 1.165) is 5.56 Å². The summed E-state index contributed by atoms with van der Waals surface area (Å²) < 4.78 is 18.0. The van der Waals surface area contributed by atoms with Gasteiger partial charge in [0.2, 0.25) is 5.76 Å². The molecule has 21 heavy (non-hydrogen) atoms. The van der Waals surface area contributed by atoms with Gasteiger partial charge >= 0.3 is 5.97 Å². The molecule has 0 saturated carbocycles. The van der Waals surface area contributed by atoms with Crippen molar-refractivity contribution in [3.63, 3.8) is 0 Å². The van der Waals surface area contributed by atoms with Crippen molar-refractivity contribution < 1.29 is 28.6 Å². The van der Waals surface area contributed by atoms with Crippen LogP contribution >= 0.6 is 0 Å². The lowest BCUT2D eigenvalue weighted by Crippen LogP contribution is -2.03. The molecular formula is C15H11FO5. The number of carboxylic acids is 1. The average molecular weight is 290 g/mol. The second-order valence-corrected chi connectivity index (χ2v) is 4.30. The molecule has 0 saturated heterocycles. The van der Waals surface area contributed by atoms with Crippen LogP contribution in [0.2, 0.25) is 0 Å². The van der Waals surface area contributed by atoms with Crippen LogP contribution in [0.1, 0.15) is 21.7 Å². The molecule has 1 heterocycles. The molecule has 0 bridgehead atoms. The molecule has 2 aromatic rings. The Hall–Kier alpha value is -2.89. The van der Waals surface area contributed by atoms with E-state index in [9.17, 15) is 14.0 Å². The third kappa shape index (κ3) is 3.79. The Morgan fingerprint density at radius 2 is 1.86 bits per heavy atom. The quantitative estimate of drug-likeness (QED) is 0.502. The molecule has 1 aromatic carbocycles. The van der Waals surface area contributed by atoms with E-state index in [1.54, 1.807) is 12.1 Å². The maximum Gasteiger partial charge on any atom is 0.371 e. The minimum absolute atomic E-state index is 0.125. The summed E-state index contributed by atoms with van der Waals surface area (Å²) in [5.74, 6) is -3.18. The molecule has 0 unspecified atom stereocenters. The van der Waals surface area contributed by atoms with Crippen LogP contribution < -0.4 is 0 Å². The Morgan fingerprint density at radius 1 is 1.19 bits per heavy atom. The summed E-state index contributed by atoms with van der Waals surface area (Å²) in [6, 6.07) is 7.26. The van der Waals surface area contributed by atoms with Gasteiger partial charge in [0, 0.05) is 12.5 Å². The first kappa shape index (κ1) is 14.5. The van der Waals surface area contributed by atoms with Gasteiger partial charge in [-0.3, -0.25) is 4.79 Å². The van der Waals surface area contributed by atoms with Gasteiger partial charge < -0.3 is 14.6 Å². The van der Waals surface area contributed by atoms with Crippen molar-refractivity contribution in [3.05, 3.63) is 71.1 Å². The third-order valence-corrected chi connectivity index (χ3v) is 2.72. The second kappa shape index (κ2) is 6.04. The summed E-state index contributed by atoms with van der Waals surface area (Å²) >= 11 is 0. The largest absolute Gasteiger partial charge is 0.502 e. The number of ketones is 1. The molecule has 6 heteroatoms. The number of allylic oxidation sites excluding steroid dienone is 1. The van der Waals surface area contributed by atoms with Gasteiger partial charge in [0.25, 0.3) is 0 Å². The number of hydrogen-bond donors (Lipinski definition) is 2. The summed E-state index contributed by atoms with van der Waals surface area (Å²) in [6.45, 7) is 0. The number of carboxylic acid groups (broad SMARTS) is 1. The summed E-state index contributed by atoms with van der Waals surface area (Å²) in [4.78, 5) is 22.1. The number of halogens is 1. The number of rotatable bonds is 5. The van der Waals surface area contributed by atoms with Gasteiger partial charge in [0.05, 0.1) is 5.56 Å². The van der Waals surface area contributed by atoms with Gasteiger partial charge in [0.15, 0.2) is 5.78 Å². The summed E-state index contributed by atoms with van der Waals surface area (Å²) in [7, 11) is 0. The Labute approximate surface area is 118 Å². The predicted molar refractivity (Wildman–Crippen MR) is 70.6 cm³/mol. The van der Waals surface area contributed by atoms with Crippen LogP contribution in [0.3, 0.4) is 0 Å². The fourth-order valence-electron chi connectivity index (χ4n) is 1.68. The van der Waals surface area contributed by atoms with Crippen molar-refractivity contribution in [3.8, 4) is 0 Å². The molecule has 0 atom stereocenters. The lowest BCUT2D eigenvalue weighted by Gasteiger charge is -1.97. The van der Waals surface area contributed by atoms with E-state index in [1.165, 1.54) is 24.5 Å². The lowest BCUT2D eigenvalue weighted by molar-refractivity contribution is -0.135. The van der Waals surface area contributed by atoms with Crippen molar-refractivity contribution in [1.29, 1.82) is 0 Å². The molecule has 2 N–H and O–H groups in total. The van der Waals surface area contributed by atoms with E-state index in [2.05, 4.69) is 0 Å². The zero-order valence-electron chi connectivity index (χ0n) is 10.7. The summed E-state index contributed by atoms with van der Waals surface area (Å²) in [5.41, 5.74) is 0.925. The van der Waals surface area contributed by atoms with Gasteiger partial charge in [-0.1, -0.05) is 12.1 Å². The molecule has 108 valence electrons. The maximum absolute atomic E-state index is 12.8. The molecule has 0 aliphatic heterocycles. The number of carbonyl (C=O) groups is 2. The van der Waals surface area contributed by atoms with E-state index >= 15 is 0 Å². The smallest absolute Gasteiger partial charge is 0.371 e. The first-order chi connectivity index (χ1) is 9.95. The highest BCUT2D eigenvalue weighted by Crippen LogP contribution is 2.15. The van der Waals surface area contributed by atoms with E-state index in [-0.39, 0.29) is 11.4 Å². The highest BCUT2D eigenvalue weighted by Gasteiger charge is 2.12. The van der Waals surface area contributed by atoms with Crippen molar-refractivity contribution in [2.45, 2.75) is 6.42 Å². The Morgan fingerprint density at radius 3 is 2.48 bits per heavy atom. The highest BCUT2D eigenvalue weighted by atomic mass is 19.1. The Balaban J connectivity index is 2.11. The van der Waals surface area contributed by atoms with Crippen LogP contribution in [-0.4, -0.2) is 22.0 Å². The number of benzene rings is 1. The van der Waals surface area contributed by atoms with E-state index < -0.39 is 17.5 Å². The van der Waals surface area contributed by atoms with Crippen LogP contribution in [0.4, 0.5) is 4.39 Å². The molecule has 0 spiro atoms. The van der Waals surface area contributed by atoms with Crippen molar-refractivity contribution in [1.82, 2.24) is 0 Å². The SMILES string of the molecule is O=C(O)/C(O)=C/C(=O)c1coc(Cc2ccc(F)cc2)c1. The van der Waals surface area contributed by atoms with Gasteiger partial charge in [-0.25, -0.2) is 9.18 Å². The summed E-state index contributed by atoms with van der Waals surface area (Å²) in [6.07, 6.45) is 2.14. The minimum atomic E-state index is -1.58. The number of hydrogen-bond acceptors (Lipinski definition) is 4. The van der Waals surface area contributed by atoms with Gasteiger partial charge in [-0.2, -0.15) is 0 Å². The van der Waals surface area contributed by atoms with Crippen molar-refractivity contribution >= 4 is 11.8 Å². The lowest BCUT2D eigenvalue weighted by atomic mass is 10.1. The van der Waals surface area contributed by atoms with Crippen molar-refractivity contribution in [2.24, 2.45) is 0 Å². The highest BCUT2D eigenvalue weighted by molar-refractivity contribution is 6.07. The van der Waals surface area contributed by atoms with E-state index in [4.69, 9.17) is 14.6 Å². The molecule has 2 rings (SSSR count). The van der Waals surface area contributed by atoms with Crippen LogP contribution in [0.25, 0.3) is 0 Å². The molecular weight excluding hydrogens is 279 g/mol. The number of aliphatic carboxylic acids is 1. The molecule has 5 nitrogen and oxygen atoms in total. The molecule has 1 aromatic heterocycles. The minimum Gasteiger partial charge on any atom is -0.502 e. The second-order valence-electron chi connectivity index (χ2n) is 4.30. The van der Waals surface area contributed by atoms with Crippen LogP contribution in [0.15, 0.2) is 52.8 Å². The van der Waals surface area contributed by atoms with Gasteiger partial charge in [-0.15, -0.1) is 0 Å². The fraction of sp³-hybridized carbons (Fsp3) is 0.0667. The monoisotopic (exact) mass is 290 g/mol. The number of furan rings is 1. The van der Waals surface area contributed by atoms with E-state index in [0.29, 0.717) is 18.3 Å². The van der Waals surface area contributed by atoms with Crippen LogP contribution in [-0.2, 0) is 11.2 Å². The van der Waals surface area contributed by atoms with Crippen LogP contribution in [0.5, 0.6) is 0 Å². The third-order valence-electron chi connectivity index (χ3n) is 2.72. The molecule has 0 radical (unpaired) electrons. The average Bonchev–Trinajstić information content (AvgIpc) is 2.90. The zero-order chi connectivity index (χ0) is 15.4. The Kier molecular flexibility index (Phi) is 4.18. The van der Waals surface area contributed by atoms with Gasteiger partial charge in [0.1, 0.15) is 17.8 Å². The van der Waals surface area contributed by atoms with Crippen LogP contribution in [0, 0.1) is 5.82 Å². The normalized spacial score (nSPS) is 11.4. The molecule has 0 aliphatic carbocycles. The fourth-order valence-corrected chi connectivity index (χ4v) is 1.68. The van der Waals surface area contributed by atoms with E-state index in [1.807, 2.05) is 0 Å². The maximum atomic E-state index is 12.8. The number of carbonyl (C=O) groups excluding carboxylic acids is 1. The standard InChI is InChI=1S/C15H11FO5/c16-11-3-1-9(2-4-11)5-12-6-10(8-21-12)13(17)7-14(18)15(19)20/h1-4,6-8,18H,5H2,(H,19,20)/b14-7-. The Bertz CT molecular complexity index is 697. The zero-order valence-corrected chi connectivity index (χ0v) is 10.7. The molecule has 0 fully saturated rings. The number of aliphatic hydroxyl groups excluding tert-OH is 1. The first-order valence-electron chi connectivity index (χ1n) is 5.96. The number of aliphatic hydroxyl groups is 1.